The number of benzene rings is 2. The van der Waals surface area contributed by atoms with Gasteiger partial charge >= 0.3 is 5.97 Å². The zero-order valence-corrected chi connectivity index (χ0v) is 15.6. The van der Waals surface area contributed by atoms with Crippen LogP contribution in [0.15, 0.2) is 42.5 Å². The molecule has 26 heavy (non-hydrogen) atoms. The second-order valence-electron chi connectivity index (χ2n) is 6.09. The van der Waals surface area contributed by atoms with Crippen LogP contribution in [0.5, 0.6) is 0 Å². The van der Waals surface area contributed by atoms with E-state index in [1.165, 1.54) is 7.11 Å². The molecular formula is C19H18Cl2N2O3. The number of fused-ring (bicyclic) bond motifs is 1. The Morgan fingerprint density at radius 2 is 1.96 bits per heavy atom. The van der Waals surface area contributed by atoms with E-state index in [0.29, 0.717) is 22.2 Å². The molecule has 2 aromatic carbocycles. The summed E-state index contributed by atoms with van der Waals surface area (Å²) < 4.78 is 4.83. The van der Waals surface area contributed by atoms with Gasteiger partial charge in [-0.2, -0.15) is 0 Å². The van der Waals surface area contributed by atoms with E-state index in [1.807, 2.05) is 30.3 Å². The first-order chi connectivity index (χ1) is 12.5. The van der Waals surface area contributed by atoms with Crippen LogP contribution in [0.1, 0.15) is 23.6 Å². The van der Waals surface area contributed by atoms with Crippen LogP contribution in [0.4, 0.5) is 5.69 Å². The van der Waals surface area contributed by atoms with Crippen LogP contribution in [0.2, 0.25) is 10.0 Å². The Labute approximate surface area is 161 Å². The van der Waals surface area contributed by atoms with Crippen LogP contribution >= 0.6 is 23.2 Å². The molecule has 1 heterocycles. The smallest absolute Gasteiger partial charge is 0.328 e. The van der Waals surface area contributed by atoms with Gasteiger partial charge in [-0.1, -0.05) is 53.5 Å². The molecule has 0 fully saturated rings. The minimum atomic E-state index is -0.593. The van der Waals surface area contributed by atoms with Crippen molar-refractivity contribution >= 4 is 40.8 Å². The highest BCUT2D eigenvalue weighted by Gasteiger charge is 2.34. The first-order valence-corrected chi connectivity index (χ1v) is 8.90. The molecule has 1 aliphatic heterocycles. The molecule has 0 radical (unpaired) electrons. The summed E-state index contributed by atoms with van der Waals surface area (Å²) in [5.74, 6) is -0.558. The van der Waals surface area contributed by atoms with Gasteiger partial charge in [-0.15, -0.1) is 0 Å². The summed E-state index contributed by atoms with van der Waals surface area (Å²) in [6.07, 6.45) is 0.579. The third-order valence-electron chi connectivity index (χ3n) is 4.27. The summed E-state index contributed by atoms with van der Waals surface area (Å²) in [5.41, 5.74) is 2.25. The number of carbonyl (C=O) groups excluding carboxylic acids is 2. The molecule has 2 N–H and O–H groups in total. The number of amides is 1. The van der Waals surface area contributed by atoms with Crippen LogP contribution < -0.4 is 10.6 Å². The summed E-state index contributed by atoms with van der Waals surface area (Å²) in [5, 5.41) is 6.95. The second-order valence-corrected chi connectivity index (χ2v) is 6.93. The van der Waals surface area contributed by atoms with Crippen LogP contribution in [0, 0.1) is 0 Å². The molecule has 0 spiro atoms. The third-order valence-corrected chi connectivity index (χ3v) is 4.80. The predicted octanol–water partition coefficient (Wildman–Crippen LogP) is 3.75. The molecule has 1 amide bonds. The Bertz CT molecular complexity index is 827. The molecule has 2 atom stereocenters. The number of hydrogen-bond acceptors (Lipinski definition) is 4. The monoisotopic (exact) mass is 392 g/mol. The van der Waals surface area contributed by atoms with Gasteiger partial charge in [0.05, 0.1) is 19.6 Å². The Morgan fingerprint density at radius 1 is 1.23 bits per heavy atom. The number of hydrogen-bond donors (Lipinski definition) is 2. The third kappa shape index (κ3) is 4.11. The largest absolute Gasteiger partial charge is 0.467 e. The average molecular weight is 393 g/mol. The summed E-state index contributed by atoms with van der Waals surface area (Å²) in [4.78, 5) is 24.5. The van der Waals surface area contributed by atoms with Gasteiger partial charge in [0.1, 0.15) is 6.04 Å². The van der Waals surface area contributed by atoms with Crippen LogP contribution in [0.3, 0.4) is 0 Å². The van der Waals surface area contributed by atoms with E-state index in [1.54, 1.807) is 12.1 Å². The fourth-order valence-corrected chi connectivity index (χ4v) is 3.74. The zero-order chi connectivity index (χ0) is 18.7. The number of methoxy groups -OCH3 is 1. The van der Waals surface area contributed by atoms with E-state index in [9.17, 15) is 9.59 Å². The number of carbonyl (C=O) groups is 2. The van der Waals surface area contributed by atoms with Crippen LogP contribution in [-0.4, -0.2) is 25.0 Å². The second kappa shape index (κ2) is 7.98. The molecule has 0 aliphatic carbocycles. The Hall–Kier alpha value is -2.24. The lowest BCUT2D eigenvalue weighted by molar-refractivity contribution is -0.142. The molecule has 136 valence electrons. The normalized spacial score (nSPS) is 18.4. The van der Waals surface area contributed by atoms with E-state index >= 15 is 0 Å². The summed E-state index contributed by atoms with van der Waals surface area (Å²) >= 11 is 12.4. The van der Waals surface area contributed by atoms with Crippen molar-refractivity contribution < 1.29 is 14.3 Å². The molecular weight excluding hydrogens is 375 g/mol. The van der Waals surface area contributed by atoms with Crippen molar-refractivity contribution in [2.45, 2.75) is 24.9 Å². The molecule has 3 rings (SSSR count). The van der Waals surface area contributed by atoms with Gasteiger partial charge in [-0.3, -0.25) is 4.79 Å². The highest BCUT2D eigenvalue weighted by atomic mass is 35.5. The van der Waals surface area contributed by atoms with Gasteiger partial charge in [-0.25, -0.2) is 4.79 Å². The highest BCUT2D eigenvalue weighted by molar-refractivity contribution is 6.35. The molecule has 0 aromatic heterocycles. The van der Waals surface area contributed by atoms with Crippen molar-refractivity contribution in [2.24, 2.45) is 0 Å². The number of ether oxygens (including phenoxy) is 1. The van der Waals surface area contributed by atoms with Gasteiger partial charge < -0.3 is 15.4 Å². The number of rotatable bonds is 4. The summed E-state index contributed by atoms with van der Waals surface area (Å²) in [6.45, 7) is 0. The van der Waals surface area contributed by atoms with E-state index in [0.717, 1.165) is 11.1 Å². The lowest BCUT2D eigenvalue weighted by atomic mass is 9.92. The number of nitrogens with one attached hydrogen (secondary N) is 2. The molecule has 2 unspecified atom stereocenters. The van der Waals surface area contributed by atoms with Crippen molar-refractivity contribution in [3.8, 4) is 0 Å². The van der Waals surface area contributed by atoms with Gasteiger partial charge in [-0.05, 0) is 17.7 Å². The maximum absolute atomic E-state index is 12.5. The van der Waals surface area contributed by atoms with Crippen LogP contribution in [0.25, 0.3) is 0 Å². The van der Waals surface area contributed by atoms with Gasteiger partial charge in [0.2, 0.25) is 5.91 Å². The first-order valence-electron chi connectivity index (χ1n) is 8.14. The quantitative estimate of drug-likeness (QED) is 0.777. The van der Waals surface area contributed by atoms with Crippen LogP contribution in [-0.2, 0) is 20.7 Å². The maximum atomic E-state index is 12.5. The Kier molecular flexibility index (Phi) is 5.69. The zero-order valence-electron chi connectivity index (χ0n) is 14.1. The number of halogens is 2. The fourth-order valence-electron chi connectivity index (χ4n) is 3.11. The SMILES string of the molecule is COC(=O)C1CC(NC(=O)Cc2ccccc2)c2c(Cl)cc(Cl)cc2N1. The molecule has 1 aliphatic rings. The number of esters is 1. The van der Waals surface area contributed by atoms with Crippen molar-refractivity contribution in [2.75, 3.05) is 12.4 Å². The van der Waals surface area contributed by atoms with Gasteiger partial charge in [0, 0.05) is 27.7 Å². The van der Waals surface area contributed by atoms with E-state index in [-0.39, 0.29) is 12.3 Å². The first kappa shape index (κ1) is 18.5. The Balaban J connectivity index is 1.85. The van der Waals surface area contributed by atoms with Crippen molar-refractivity contribution in [3.05, 3.63) is 63.6 Å². The standard InChI is InChI=1S/C19H18Cl2N2O3/c1-26-19(25)16-10-15(18-13(21)8-12(20)9-14(18)22-16)23-17(24)7-11-5-3-2-4-6-11/h2-6,8-9,15-16,22H,7,10H2,1H3,(H,23,24). The molecule has 0 saturated carbocycles. The average Bonchev–Trinajstić information content (AvgIpc) is 2.60. The van der Waals surface area contributed by atoms with E-state index < -0.39 is 18.1 Å². The van der Waals surface area contributed by atoms with E-state index in [2.05, 4.69) is 10.6 Å². The lowest BCUT2D eigenvalue weighted by Gasteiger charge is -2.33. The van der Waals surface area contributed by atoms with Crippen molar-refractivity contribution in [1.29, 1.82) is 0 Å². The van der Waals surface area contributed by atoms with Gasteiger partial charge in [0.25, 0.3) is 0 Å². The van der Waals surface area contributed by atoms with Gasteiger partial charge in [0.15, 0.2) is 0 Å². The lowest BCUT2D eigenvalue weighted by Crippen LogP contribution is -2.42. The minimum absolute atomic E-state index is 0.149. The number of anilines is 1. The Morgan fingerprint density at radius 3 is 2.65 bits per heavy atom. The molecule has 0 bridgehead atoms. The predicted molar refractivity (Wildman–Crippen MR) is 102 cm³/mol. The highest BCUT2D eigenvalue weighted by Crippen LogP contribution is 2.40. The molecule has 5 nitrogen and oxygen atoms in total. The topological polar surface area (TPSA) is 67.4 Å². The fraction of sp³-hybridized carbons (Fsp3) is 0.263. The van der Waals surface area contributed by atoms with Crippen molar-refractivity contribution in [3.63, 3.8) is 0 Å². The molecule has 7 heteroatoms. The molecule has 0 saturated heterocycles. The molecule has 2 aromatic rings. The summed E-state index contributed by atoms with van der Waals surface area (Å²) in [7, 11) is 1.33. The van der Waals surface area contributed by atoms with Crippen molar-refractivity contribution in [1.82, 2.24) is 5.32 Å². The maximum Gasteiger partial charge on any atom is 0.328 e. The van der Waals surface area contributed by atoms with E-state index in [4.69, 9.17) is 27.9 Å². The minimum Gasteiger partial charge on any atom is -0.467 e. The summed E-state index contributed by atoms with van der Waals surface area (Å²) in [6, 6.07) is 11.7.